The van der Waals surface area contributed by atoms with Crippen LogP contribution >= 0.6 is 0 Å². The third-order valence-corrected chi connectivity index (χ3v) is 6.40. The Morgan fingerprint density at radius 2 is 1.91 bits per heavy atom. The minimum absolute atomic E-state index is 0.139. The predicted octanol–water partition coefficient (Wildman–Crippen LogP) is 2.02. The van der Waals surface area contributed by atoms with Crippen LogP contribution in [-0.2, 0) is 20.7 Å². The summed E-state index contributed by atoms with van der Waals surface area (Å²) >= 11 is 0. The van der Waals surface area contributed by atoms with E-state index in [0.717, 1.165) is 22.6 Å². The van der Waals surface area contributed by atoms with E-state index >= 15 is 0 Å². The van der Waals surface area contributed by atoms with E-state index in [1.54, 1.807) is 31.7 Å². The Labute approximate surface area is 195 Å². The fourth-order valence-corrected chi connectivity index (χ4v) is 4.80. The number of fused-ring (bicyclic) bond motifs is 1. The summed E-state index contributed by atoms with van der Waals surface area (Å²) in [6, 6.07) is 7.41. The molecule has 0 unspecified atom stereocenters. The van der Waals surface area contributed by atoms with Crippen LogP contribution in [0.3, 0.4) is 0 Å². The van der Waals surface area contributed by atoms with Gasteiger partial charge in [-0.25, -0.2) is 0 Å². The summed E-state index contributed by atoms with van der Waals surface area (Å²) in [7, 11) is 0. The van der Waals surface area contributed by atoms with E-state index in [1.807, 2.05) is 31.2 Å². The highest BCUT2D eigenvalue weighted by molar-refractivity contribution is 6.03. The van der Waals surface area contributed by atoms with E-state index in [2.05, 4.69) is 5.32 Å². The molecule has 0 saturated carbocycles. The Balaban J connectivity index is 1.77. The van der Waals surface area contributed by atoms with Crippen LogP contribution in [-0.4, -0.2) is 59.7 Å². The van der Waals surface area contributed by atoms with Gasteiger partial charge in [0.05, 0.1) is 0 Å². The number of carbonyl (C=O) groups is 3. The lowest BCUT2D eigenvalue weighted by Gasteiger charge is -2.52. The van der Waals surface area contributed by atoms with Gasteiger partial charge >= 0.3 is 0 Å². The van der Waals surface area contributed by atoms with E-state index in [0.29, 0.717) is 13.0 Å². The molecule has 3 amide bonds. The highest BCUT2D eigenvalue weighted by atomic mass is 16.5. The van der Waals surface area contributed by atoms with Crippen molar-refractivity contribution < 1.29 is 24.2 Å². The van der Waals surface area contributed by atoms with Crippen molar-refractivity contribution in [2.45, 2.75) is 70.5 Å². The average molecular weight is 457 g/mol. The van der Waals surface area contributed by atoms with Crippen LogP contribution in [0.15, 0.2) is 36.4 Å². The molecule has 180 valence electrons. The Kier molecular flexibility index (Phi) is 7.47. The zero-order valence-corrected chi connectivity index (χ0v) is 19.9. The van der Waals surface area contributed by atoms with Crippen molar-refractivity contribution in [2.24, 2.45) is 0 Å². The van der Waals surface area contributed by atoms with Gasteiger partial charge in [0.2, 0.25) is 5.91 Å². The van der Waals surface area contributed by atoms with Gasteiger partial charge in [-0.3, -0.25) is 9.59 Å². The summed E-state index contributed by atoms with van der Waals surface area (Å²) in [6.07, 6.45) is 3.66. The monoisotopic (exact) mass is 456 g/mol. The summed E-state index contributed by atoms with van der Waals surface area (Å²) in [5, 5.41) is 15.1. The SMILES string of the molecule is CC[C@@H](/C=C/C(=O)N1CCc2ccccc21)NC(=O)C1(N(C(=O)[O-])C(C)(C)C)CCOCC1. The number of nitrogens with one attached hydrogen (secondary N) is 1. The molecule has 1 N–H and O–H groups in total. The summed E-state index contributed by atoms with van der Waals surface area (Å²) in [5.41, 5.74) is -0.0515. The Morgan fingerprint density at radius 1 is 1.24 bits per heavy atom. The van der Waals surface area contributed by atoms with Gasteiger partial charge in [-0.2, -0.15) is 0 Å². The van der Waals surface area contributed by atoms with Gasteiger partial charge < -0.3 is 29.8 Å². The molecule has 3 rings (SSSR count). The van der Waals surface area contributed by atoms with E-state index in [9.17, 15) is 19.5 Å². The van der Waals surface area contributed by atoms with Crippen LogP contribution in [0.1, 0.15) is 52.5 Å². The molecule has 0 radical (unpaired) electrons. The van der Waals surface area contributed by atoms with Crippen molar-refractivity contribution in [1.29, 1.82) is 0 Å². The third kappa shape index (κ3) is 5.21. The summed E-state index contributed by atoms with van der Waals surface area (Å²) in [6.45, 7) is 8.34. The molecule has 0 bridgehead atoms. The molecular weight excluding hydrogens is 422 g/mol. The molecule has 33 heavy (non-hydrogen) atoms. The van der Waals surface area contributed by atoms with Crippen molar-refractivity contribution in [3.63, 3.8) is 0 Å². The number of para-hydroxylation sites is 1. The first-order valence-electron chi connectivity index (χ1n) is 11.6. The second kappa shape index (κ2) is 9.95. The molecule has 0 aliphatic carbocycles. The lowest BCUT2D eigenvalue weighted by Crippen LogP contribution is -2.70. The second-order valence-corrected chi connectivity index (χ2v) is 9.63. The number of amides is 3. The molecule has 1 saturated heterocycles. The largest absolute Gasteiger partial charge is 0.530 e. The van der Waals surface area contributed by atoms with Crippen LogP contribution in [0.25, 0.3) is 0 Å². The van der Waals surface area contributed by atoms with E-state index < -0.39 is 23.2 Å². The van der Waals surface area contributed by atoms with E-state index in [1.165, 1.54) is 6.08 Å². The lowest BCUT2D eigenvalue weighted by molar-refractivity contribution is -0.279. The summed E-state index contributed by atoms with van der Waals surface area (Å²) in [4.78, 5) is 41.3. The number of carboxylic acid groups (broad SMARTS) is 1. The summed E-state index contributed by atoms with van der Waals surface area (Å²) in [5.74, 6) is -0.528. The van der Waals surface area contributed by atoms with Gasteiger partial charge in [-0.05, 0) is 45.2 Å². The molecular formula is C25H34N3O5-. The van der Waals surface area contributed by atoms with Crippen LogP contribution < -0.4 is 15.3 Å². The maximum Gasteiger partial charge on any atom is 0.250 e. The number of hydrogen-bond acceptors (Lipinski definition) is 5. The number of nitrogens with zero attached hydrogens (tertiary/aromatic N) is 2. The molecule has 8 heteroatoms. The first kappa shape index (κ1) is 24.8. The highest BCUT2D eigenvalue weighted by Gasteiger charge is 2.49. The van der Waals surface area contributed by atoms with Crippen LogP contribution in [0.5, 0.6) is 0 Å². The van der Waals surface area contributed by atoms with Crippen LogP contribution in [0.4, 0.5) is 10.5 Å². The fraction of sp³-hybridized carbons (Fsp3) is 0.560. The van der Waals surface area contributed by atoms with Gasteiger partial charge in [0, 0.05) is 55.9 Å². The molecule has 2 aliphatic rings. The van der Waals surface area contributed by atoms with Gasteiger partial charge in [0.1, 0.15) is 11.6 Å². The molecule has 8 nitrogen and oxygen atoms in total. The maximum absolute atomic E-state index is 13.5. The number of ether oxygens (including phenoxy) is 1. The fourth-order valence-electron chi connectivity index (χ4n) is 4.80. The van der Waals surface area contributed by atoms with Crippen molar-refractivity contribution in [3.8, 4) is 0 Å². The number of hydrogen-bond donors (Lipinski definition) is 1. The average Bonchev–Trinajstić information content (AvgIpc) is 3.20. The smallest absolute Gasteiger partial charge is 0.250 e. The second-order valence-electron chi connectivity index (χ2n) is 9.63. The van der Waals surface area contributed by atoms with Gasteiger partial charge in [-0.15, -0.1) is 0 Å². The van der Waals surface area contributed by atoms with Gasteiger partial charge in [0.15, 0.2) is 0 Å². The molecule has 1 fully saturated rings. The van der Waals surface area contributed by atoms with Crippen molar-refractivity contribution in [1.82, 2.24) is 10.2 Å². The zero-order valence-electron chi connectivity index (χ0n) is 19.9. The normalized spacial score (nSPS) is 18.6. The molecule has 1 atom stereocenters. The molecule has 0 aromatic heterocycles. The lowest BCUT2D eigenvalue weighted by atomic mass is 9.83. The Morgan fingerprint density at radius 3 is 2.52 bits per heavy atom. The van der Waals surface area contributed by atoms with Crippen molar-refractivity contribution in [3.05, 3.63) is 42.0 Å². The third-order valence-electron chi connectivity index (χ3n) is 6.40. The van der Waals surface area contributed by atoms with Crippen molar-refractivity contribution >= 4 is 23.6 Å². The Hall–Kier alpha value is -2.87. The number of benzene rings is 1. The maximum atomic E-state index is 13.5. The van der Waals surface area contributed by atoms with Crippen LogP contribution in [0.2, 0.25) is 0 Å². The molecule has 1 aromatic rings. The molecule has 0 spiro atoms. The predicted molar refractivity (Wildman–Crippen MR) is 124 cm³/mol. The minimum atomic E-state index is -1.38. The van der Waals surface area contributed by atoms with Crippen LogP contribution in [0, 0.1) is 0 Å². The number of rotatable bonds is 6. The van der Waals surface area contributed by atoms with E-state index in [-0.39, 0.29) is 37.9 Å². The highest BCUT2D eigenvalue weighted by Crippen LogP contribution is 2.34. The summed E-state index contributed by atoms with van der Waals surface area (Å²) < 4.78 is 5.43. The number of anilines is 1. The minimum Gasteiger partial charge on any atom is -0.530 e. The molecule has 2 heterocycles. The Bertz CT molecular complexity index is 915. The van der Waals surface area contributed by atoms with E-state index in [4.69, 9.17) is 4.74 Å². The zero-order chi connectivity index (χ0) is 24.2. The van der Waals surface area contributed by atoms with Crippen molar-refractivity contribution in [2.75, 3.05) is 24.7 Å². The van der Waals surface area contributed by atoms with Gasteiger partial charge in [-0.1, -0.05) is 31.2 Å². The topological polar surface area (TPSA) is 102 Å². The first-order valence-corrected chi connectivity index (χ1v) is 11.6. The standard InChI is InChI=1S/C25H35N3O5/c1-5-19(10-11-21(29)27-15-12-18-8-6-7-9-20(18)27)26-22(30)25(13-16-33-17-14-25)28(23(31)32)24(2,3)4/h6-11,19H,5,12-17H2,1-4H3,(H,26,30)(H,31,32)/p-1/b11-10+/t19-/m0/s1. The quantitative estimate of drug-likeness (QED) is 0.660. The molecule has 2 aliphatic heterocycles. The molecule has 1 aromatic carbocycles. The first-order chi connectivity index (χ1) is 15.6. The number of carbonyl (C=O) groups excluding carboxylic acids is 3. The van der Waals surface area contributed by atoms with Gasteiger partial charge in [0.25, 0.3) is 5.91 Å².